The number of nitrogens with zero attached hydrogens (tertiary/aromatic N) is 4. The van der Waals surface area contributed by atoms with Gasteiger partial charge < -0.3 is 14.4 Å². The topological polar surface area (TPSA) is 82.7 Å². The Morgan fingerprint density at radius 1 is 1.50 bits per heavy atom. The Balaban J connectivity index is 1.56. The van der Waals surface area contributed by atoms with Crippen LogP contribution >= 0.6 is 11.3 Å². The van der Waals surface area contributed by atoms with Crippen molar-refractivity contribution in [3.8, 4) is 0 Å². The molecule has 0 amide bonds. The third-order valence-corrected chi connectivity index (χ3v) is 6.05. The molecule has 4 heterocycles. The fourth-order valence-corrected chi connectivity index (χ4v) is 4.67. The molecule has 0 bridgehead atoms. The highest BCUT2D eigenvalue weighted by Crippen LogP contribution is 2.44. The van der Waals surface area contributed by atoms with Crippen LogP contribution < -0.4 is 4.90 Å². The van der Waals surface area contributed by atoms with E-state index in [-0.39, 0.29) is 5.92 Å². The quantitative estimate of drug-likeness (QED) is 0.904. The number of anilines is 1. The van der Waals surface area contributed by atoms with Gasteiger partial charge in [0.2, 0.25) is 5.13 Å². The van der Waals surface area contributed by atoms with Gasteiger partial charge in [0.05, 0.1) is 17.9 Å². The number of carboxylic acids is 1. The van der Waals surface area contributed by atoms with Gasteiger partial charge in [-0.05, 0) is 25.5 Å². The maximum atomic E-state index is 12.2. The molecule has 0 spiro atoms. The van der Waals surface area contributed by atoms with Gasteiger partial charge in [-0.3, -0.25) is 9.69 Å². The second-order valence-corrected chi connectivity index (χ2v) is 7.54. The molecule has 2 aliphatic rings. The number of carboxylic acid groups (broad SMARTS) is 1. The van der Waals surface area contributed by atoms with E-state index in [0.29, 0.717) is 13.0 Å². The molecule has 2 atom stereocenters. The van der Waals surface area contributed by atoms with Crippen LogP contribution in [0.1, 0.15) is 18.4 Å². The van der Waals surface area contributed by atoms with Gasteiger partial charge in [0.15, 0.2) is 0 Å². The molecule has 2 saturated heterocycles. The average molecular weight is 348 g/mol. The highest BCUT2D eigenvalue weighted by molar-refractivity contribution is 7.13. The van der Waals surface area contributed by atoms with Crippen LogP contribution in [0.3, 0.4) is 0 Å². The molecule has 0 aromatic carbocycles. The van der Waals surface area contributed by atoms with Gasteiger partial charge in [0.25, 0.3) is 0 Å². The normalized spacial score (nSPS) is 27.8. The van der Waals surface area contributed by atoms with Gasteiger partial charge in [-0.1, -0.05) is 11.3 Å². The van der Waals surface area contributed by atoms with Gasteiger partial charge in [-0.25, -0.2) is 0 Å². The number of likely N-dealkylation sites (tertiary alicyclic amines) is 1. The van der Waals surface area contributed by atoms with Gasteiger partial charge in [-0.2, -0.15) is 0 Å². The van der Waals surface area contributed by atoms with Crippen molar-refractivity contribution < 1.29 is 14.3 Å². The van der Waals surface area contributed by atoms with Crippen LogP contribution in [0.15, 0.2) is 28.5 Å². The van der Waals surface area contributed by atoms with E-state index in [4.69, 9.17) is 4.42 Å². The average Bonchev–Trinajstić information content (AvgIpc) is 3.27. The number of furan rings is 1. The number of carbonyl (C=O) groups is 1. The molecule has 0 radical (unpaired) electrons. The van der Waals surface area contributed by atoms with Crippen molar-refractivity contribution >= 4 is 22.4 Å². The molecule has 128 valence electrons. The minimum atomic E-state index is -0.684. The van der Waals surface area contributed by atoms with E-state index in [1.165, 1.54) is 11.3 Å². The summed E-state index contributed by atoms with van der Waals surface area (Å²) in [7, 11) is 0. The summed E-state index contributed by atoms with van der Waals surface area (Å²) >= 11 is 1.47. The van der Waals surface area contributed by atoms with Crippen molar-refractivity contribution in [1.29, 1.82) is 0 Å². The molecule has 2 aromatic rings. The Morgan fingerprint density at radius 3 is 3.12 bits per heavy atom. The molecule has 0 unspecified atom stereocenters. The highest BCUT2D eigenvalue weighted by Gasteiger charge is 2.53. The van der Waals surface area contributed by atoms with E-state index in [2.05, 4.69) is 20.0 Å². The lowest BCUT2D eigenvalue weighted by atomic mass is 9.75. The largest absolute Gasteiger partial charge is 0.481 e. The van der Waals surface area contributed by atoms with Crippen molar-refractivity contribution in [2.45, 2.75) is 19.4 Å². The number of aromatic nitrogens is 2. The third kappa shape index (κ3) is 2.69. The van der Waals surface area contributed by atoms with Crippen LogP contribution in [0.25, 0.3) is 0 Å². The number of hydrogen-bond donors (Lipinski definition) is 1. The fourth-order valence-electron chi connectivity index (χ4n) is 4.10. The van der Waals surface area contributed by atoms with Crippen LogP contribution in [0, 0.1) is 11.3 Å². The van der Waals surface area contributed by atoms with Crippen molar-refractivity contribution in [2.24, 2.45) is 11.3 Å². The lowest BCUT2D eigenvalue weighted by molar-refractivity contribution is -0.150. The molecule has 24 heavy (non-hydrogen) atoms. The zero-order valence-electron chi connectivity index (χ0n) is 13.3. The number of fused-ring (bicyclic) bond motifs is 1. The second kappa shape index (κ2) is 6.18. The van der Waals surface area contributed by atoms with E-state index in [1.54, 1.807) is 18.0 Å². The Morgan fingerprint density at radius 2 is 2.42 bits per heavy atom. The first-order chi connectivity index (χ1) is 11.7. The van der Waals surface area contributed by atoms with Crippen LogP contribution in [0.5, 0.6) is 0 Å². The minimum Gasteiger partial charge on any atom is -0.481 e. The molecule has 2 aliphatic heterocycles. The van der Waals surface area contributed by atoms with E-state index >= 15 is 0 Å². The molecule has 1 N–H and O–H groups in total. The Bertz CT molecular complexity index is 690. The lowest BCUT2D eigenvalue weighted by Gasteiger charge is -2.29. The molecule has 7 nitrogen and oxygen atoms in total. The van der Waals surface area contributed by atoms with E-state index in [0.717, 1.165) is 43.3 Å². The van der Waals surface area contributed by atoms with E-state index < -0.39 is 11.4 Å². The lowest BCUT2D eigenvalue weighted by Crippen LogP contribution is -2.41. The first-order valence-electron chi connectivity index (χ1n) is 8.15. The number of aliphatic carboxylic acids is 1. The maximum absolute atomic E-state index is 12.2. The third-order valence-electron chi connectivity index (χ3n) is 5.30. The van der Waals surface area contributed by atoms with Gasteiger partial charge in [-0.15, -0.1) is 10.2 Å². The first kappa shape index (κ1) is 15.6. The summed E-state index contributed by atoms with van der Waals surface area (Å²) < 4.78 is 5.16. The molecule has 0 aliphatic carbocycles. The number of hydrogen-bond acceptors (Lipinski definition) is 7. The van der Waals surface area contributed by atoms with E-state index in [1.807, 2.05) is 6.07 Å². The maximum Gasteiger partial charge on any atom is 0.311 e. The molecule has 0 saturated carbocycles. The van der Waals surface area contributed by atoms with E-state index in [9.17, 15) is 9.90 Å². The SMILES string of the molecule is O=C(O)[C@]12CCCN(Cc3ccoc3)C[C@H]1CN(c1nncs1)C2. The molecule has 2 aromatic heterocycles. The van der Waals surface area contributed by atoms with Gasteiger partial charge in [0.1, 0.15) is 5.51 Å². The smallest absolute Gasteiger partial charge is 0.311 e. The monoisotopic (exact) mass is 348 g/mol. The van der Waals surface area contributed by atoms with Crippen molar-refractivity contribution in [3.05, 3.63) is 29.7 Å². The summed E-state index contributed by atoms with van der Waals surface area (Å²) in [4.78, 5) is 16.6. The molecule has 2 fully saturated rings. The summed E-state index contributed by atoms with van der Waals surface area (Å²) in [5.74, 6) is -0.585. The zero-order chi connectivity index (χ0) is 16.6. The highest BCUT2D eigenvalue weighted by atomic mass is 32.1. The fraction of sp³-hybridized carbons (Fsp3) is 0.562. The summed E-state index contributed by atoms with van der Waals surface area (Å²) in [6.45, 7) is 3.77. The predicted octanol–water partition coefficient (Wildman–Crippen LogP) is 1.93. The van der Waals surface area contributed by atoms with Crippen LogP contribution in [0.2, 0.25) is 0 Å². The summed E-state index contributed by atoms with van der Waals surface area (Å²) in [5, 5.41) is 18.8. The van der Waals surface area contributed by atoms with Crippen molar-refractivity contribution in [2.75, 3.05) is 31.1 Å². The first-order valence-corrected chi connectivity index (χ1v) is 9.03. The van der Waals surface area contributed by atoms with Gasteiger partial charge in [0, 0.05) is 37.7 Å². The zero-order valence-corrected chi connectivity index (χ0v) is 14.1. The minimum absolute atomic E-state index is 0.0910. The van der Waals surface area contributed by atoms with Crippen LogP contribution in [0.4, 0.5) is 5.13 Å². The van der Waals surface area contributed by atoms with Gasteiger partial charge >= 0.3 is 5.97 Å². The summed E-state index contributed by atoms with van der Waals surface area (Å²) in [6, 6.07) is 1.97. The second-order valence-electron chi connectivity index (χ2n) is 6.73. The van der Waals surface area contributed by atoms with Crippen molar-refractivity contribution in [3.63, 3.8) is 0 Å². The van der Waals surface area contributed by atoms with Crippen LogP contribution in [-0.2, 0) is 11.3 Å². The Labute approximate surface area is 143 Å². The molecule has 8 heteroatoms. The summed E-state index contributed by atoms with van der Waals surface area (Å²) in [5.41, 5.74) is 2.15. The Hall–Kier alpha value is -1.93. The van der Waals surface area contributed by atoms with Crippen LogP contribution in [-0.4, -0.2) is 52.4 Å². The number of rotatable bonds is 4. The molecule has 4 rings (SSSR count). The standard InChI is InChI=1S/C16H20N4O3S/c21-14(22)16-3-1-4-19(6-12-2-5-23-9-12)7-13(16)8-20(10-16)15-18-17-11-24-15/h2,5,9,11,13H,1,3-4,6-8,10H2,(H,21,22)/t13-,16-/m0/s1. The molecular weight excluding hydrogens is 328 g/mol. The molecular formula is C16H20N4O3S. The van der Waals surface area contributed by atoms with Crippen molar-refractivity contribution in [1.82, 2.24) is 15.1 Å². The summed E-state index contributed by atoms with van der Waals surface area (Å²) in [6.07, 6.45) is 5.05. The Kier molecular flexibility index (Phi) is 4.01. The predicted molar refractivity (Wildman–Crippen MR) is 88.9 cm³/mol.